The molecule has 4 heteroatoms. The first kappa shape index (κ1) is 11.9. The highest BCUT2D eigenvalue weighted by molar-refractivity contribution is 5.97. The van der Waals surface area contributed by atoms with Gasteiger partial charge in [-0.05, 0) is 25.0 Å². The number of aryl methyl sites for hydroxylation is 1. The molecule has 1 heterocycles. The predicted molar refractivity (Wildman–Crippen MR) is 64.0 cm³/mol. The van der Waals surface area contributed by atoms with Gasteiger partial charge in [-0.25, -0.2) is 0 Å². The lowest BCUT2D eigenvalue weighted by Gasteiger charge is -2.46. The Balaban J connectivity index is 2.15. The van der Waals surface area contributed by atoms with Gasteiger partial charge in [0.05, 0.1) is 24.3 Å². The standard InChI is InChI=1S/C13H17NO3/c1-3-13(17)7-14(8-13)12(16)10-6-4-5-9(2)11(10)15/h4-6,15,17H,3,7-8H2,1-2H3. The number of β-amino-alcohol motifs (C(OH)–C–C–N with tert-alkyl or cyclic N) is 1. The molecule has 0 aromatic heterocycles. The fourth-order valence-corrected chi connectivity index (χ4v) is 2.03. The molecule has 17 heavy (non-hydrogen) atoms. The van der Waals surface area contributed by atoms with Gasteiger partial charge in [0.25, 0.3) is 5.91 Å². The van der Waals surface area contributed by atoms with Crippen molar-refractivity contribution >= 4 is 5.91 Å². The minimum Gasteiger partial charge on any atom is -0.507 e. The van der Waals surface area contributed by atoms with E-state index in [1.54, 1.807) is 30.0 Å². The number of rotatable bonds is 2. The van der Waals surface area contributed by atoms with Gasteiger partial charge in [-0.3, -0.25) is 4.79 Å². The number of para-hydroxylation sites is 1. The fourth-order valence-electron chi connectivity index (χ4n) is 2.03. The van der Waals surface area contributed by atoms with Crippen molar-refractivity contribution in [1.82, 2.24) is 4.90 Å². The maximum Gasteiger partial charge on any atom is 0.257 e. The monoisotopic (exact) mass is 235 g/mol. The van der Waals surface area contributed by atoms with E-state index in [-0.39, 0.29) is 11.7 Å². The maximum absolute atomic E-state index is 12.1. The number of carbonyl (C=O) groups excluding carboxylic acids is 1. The number of phenolic OH excluding ortho intramolecular Hbond substituents is 1. The van der Waals surface area contributed by atoms with Crippen LogP contribution in [0.2, 0.25) is 0 Å². The van der Waals surface area contributed by atoms with E-state index in [1.807, 2.05) is 6.92 Å². The summed E-state index contributed by atoms with van der Waals surface area (Å²) < 4.78 is 0. The van der Waals surface area contributed by atoms with E-state index < -0.39 is 5.60 Å². The first-order valence-electron chi connectivity index (χ1n) is 5.77. The largest absolute Gasteiger partial charge is 0.507 e. The van der Waals surface area contributed by atoms with Gasteiger partial charge in [0.15, 0.2) is 0 Å². The Morgan fingerprint density at radius 3 is 2.71 bits per heavy atom. The van der Waals surface area contributed by atoms with Gasteiger partial charge in [-0.15, -0.1) is 0 Å². The maximum atomic E-state index is 12.1. The number of aromatic hydroxyl groups is 1. The highest BCUT2D eigenvalue weighted by Crippen LogP contribution is 2.29. The zero-order valence-electron chi connectivity index (χ0n) is 10.1. The molecule has 2 N–H and O–H groups in total. The molecule has 0 spiro atoms. The first-order valence-corrected chi connectivity index (χ1v) is 5.77. The van der Waals surface area contributed by atoms with E-state index in [1.165, 1.54) is 0 Å². The zero-order chi connectivity index (χ0) is 12.6. The number of amides is 1. The molecule has 1 fully saturated rings. The molecule has 4 nitrogen and oxygen atoms in total. The quantitative estimate of drug-likeness (QED) is 0.812. The summed E-state index contributed by atoms with van der Waals surface area (Å²) in [7, 11) is 0. The molecule has 0 radical (unpaired) electrons. The number of hydrogen-bond donors (Lipinski definition) is 2. The van der Waals surface area contributed by atoms with Crippen LogP contribution in [0.4, 0.5) is 0 Å². The molecule has 0 aliphatic carbocycles. The molecule has 1 aliphatic heterocycles. The number of hydrogen-bond acceptors (Lipinski definition) is 3. The molecule has 0 unspecified atom stereocenters. The van der Waals surface area contributed by atoms with Crippen molar-refractivity contribution in [3.8, 4) is 5.75 Å². The van der Waals surface area contributed by atoms with E-state index in [9.17, 15) is 15.0 Å². The third-order valence-corrected chi connectivity index (χ3v) is 3.38. The van der Waals surface area contributed by atoms with Crippen LogP contribution < -0.4 is 0 Å². The van der Waals surface area contributed by atoms with Crippen molar-refractivity contribution in [3.05, 3.63) is 29.3 Å². The smallest absolute Gasteiger partial charge is 0.257 e. The summed E-state index contributed by atoms with van der Waals surface area (Å²) in [6.45, 7) is 4.34. The van der Waals surface area contributed by atoms with Crippen molar-refractivity contribution in [2.75, 3.05) is 13.1 Å². The molecule has 0 saturated carbocycles. The second-order valence-electron chi connectivity index (χ2n) is 4.71. The summed E-state index contributed by atoms with van der Waals surface area (Å²) in [5.41, 5.74) is 0.250. The summed E-state index contributed by atoms with van der Waals surface area (Å²) in [5.74, 6) is -0.186. The molecule has 1 aromatic rings. The molecule has 0 atom stereocenters. The summed E-state index contributed by atoms with van der Waals surface area (Å²) in [5, 5.41) is 19.7. The van der Waals surface area contributed by atoms with Crippen LogP contribution in [0.1, 0.15) is 29.3 Å². The fraction of sp³-hybridized carbons (Fsp3) is 0.462. The SMILES string of the molecule is CCC1(O)CN(C(=O)c2cccc(C)c2O)C1. The van der Waals surface area contributed by atoms with Crippen LogP contribution >= 0.6 is 0 Å². The van der Waals surface area contributed by atoms with Crippen molar-refractivity contribution in [2.24, 2.45) is 0 Å². The van der Waals surface area contributed by atoms with Gasteiger partial charge in [0.2, 0.25) is 0 Å². The average molecular weight is 235 g/mol. The molecule has 1 amide bonds. The number of carbonyl (C=O) groups is 1. The number of phenols is 1. The number of likely N-dealkylation sites (tertiary alicyclic amines) is 1. The Labute approximate surface area is 100 Å². The highest BCUT2D eigenvalue weighted by atomic mass is 16.3. The van der Waals surface area contributed by atoms with Crippen LogP contribution in [-0.2, 0) is 0 Å². The average Bonchev–Trinajstić information content (AvgIpc) is 2.28. The minimum absolute atomic E-state index is 0.0319. The zero-order valence-corrected chi connectivity index (χ0v) is 10.1. The van der Waals surface area contributed by atoms with Crippen molar-refractivity contribution in [2.45, 2.75) is 25.9 Å². The normalized spacial score (nSPS) is 17.7. The van der Waals surface area contributed by atoms with Gasteiger partial charge < -0.3 is 15.1 Å². The molecular weight excluding hydrogens is 218 g/mol. The van der Waals surface area contributed by atoms with E-state index in [0.717, 1.165) is 0 Å². The Hall–Kier alpha value is -1.55. The van der Waals surface area contributed by atoms with E-state index in [0.29, 0.717) is 30.6 Å². The lowest BCUT2D eigenvalue weighted by molar-refractivity contribution is -0.0827. The van der Waals surface area contributed by atoms with Gasteiger partial charge in [-0.1, -0.05) is 19.1 Å². The second kappa shape index (κ2) is 4.04. The first-order chi connectivity index (χ1) is 7.97. The summed E-state index contributed by atoms with van der Waals surface area (Å²) >= 11 is 0. The molecular formula is C13H17NO3. The molecule has 1 aliphatic rings. The van der Waals surface area contributed by atoms with Crippen LogP contribution in [0.15, 0.2) is 18.2 Å². The summed E-state index contributed by atoms with van der Waals surface area (Å²) in [4.78, 5) is 13.6. The Morgan fingerprint density at radius 1 is 1.47 bits per heavy atom. The van der Waals surface area contributed by atoms with E-state index in [2.05, 4.69) is 0 Å². The van der Waals surface area contributed by atoms with Crippen LogP contribution in [0, 0.1) is 6.92 Å². The topological polar surface area (TPSA) is 60.8 Å². The van der Waals surface area contributed by atoms with E-state index in [4.69, 9.17) is 0 Å². The predicted octanol–water partition coefficient (Wildman–Crippen LogP) is 1.30. The third-order valence-electron chi connectivity index (χ3n) is 3.38. The van der Waals surface area contributed by atoms with Crippen molar-refractivity contribution in [3.63, 3.8) is 0 Å². The summed E-state index contributed by atoms with van der Waals surface area (Å²) in [6, 6.07) is 5.10. The lowest BCUT2D eigenvalue weighted by atomic mass is 9.90. The molecule has 2 rings (SSSR count). The van der Waals surface area contributed by atoms with Gasteiger partial charge in [-0.2, -0.15) is 0 Å². The summed E-state index contributed by atoms with van der Waals surface area (Å²) in [6.07, 6.45) is 0.635. The van der Waals surface area contributed by atoms with Crippen LogP contribution in [0.25, 0.3) is 0 Å². The van der Waals surface area contributed by atoms with Crippen LogP contribution in [0.5, 0.6) is 5.75 Å². The molecule has 1 saturated heterocycles. The highest BCUT2D eigenvalue weighted by Gasteiger charge is 2.42. The second-order valence-corrected chi connectivity index (χ2v) is 4.71. The van der Waals surface area contributed by atoms with E-state index >= 15 is 0 Å². The van der Waals surface area contributed by atoms with Gasteiger partial charge >= 0.3 is 0 Å². The number of benzene rings is 1. The number of aliphatic hydroxyl groups is 1. The molecule has 0 bridgehead atoms. The van der Waals surface area contributed by atoms with Crippen LogP contribution in [0.3, 0.4) is 0 Å². The van der Waals surface area contributed by atoms with Gasteiger partial charge in [0.1, 0.15) is 5.75 Å². The van der Waals surface area contributed by atoms with Crippen LogP contribution in [-0.4, -0.2) is 39.7 Å². The Morgan fingerprint density at radius 2 is 2.12 bits per heavy atom. The molecule has 92 valence electrons. The van der Waals surface area contributed by atoms with Gasteiger partial charge in [0, 0.05) is 0 Å². The lowest BCUT2D eigenvalue weighted by Crippen LogP contribution is -2.63. The Bertz CT molecular complexity index is 450. The number of nitrogens with zero attached hydrogens (tertiary/aromatic N) is 1. The minimum atomic E-state index is -0.741. The van der Waals surface area contributed by atoms with Crippen molar-refractivity contribution in [1.29, 1.82) is 0 Å². The third kappa shape index (κ3) is 2.00. The Kier molecular flexibility index (Phi) is 2.83. The van der Waals surface area contributed by atoms with Crippen molar-refractivity contribution < 1.29 is 15.0 Å². The molecule has 1 aromatic carbocycles.